The second kappa shape index (κ2) is 7.46. The van der Waals surface area contributed by atoms with Crippen molar-refractivity contribution in [3.8, 4) is 0 Å². The first-order valence-corrected chi connectivity index (χ1v) is 9.15. The molecule has 0 unspecified atom stereocenters. The van der Waals surface area contributed by atoms with Crippen LogP contribution in [-0.2, 0) is 26.7 Å². The Bertz CT molecular complexity index is 883. The summed E-state index contributed by atoms with van der Waals surface area (Å²) < 4.78 is 50.2. The SMILES string of the molecule is CC1(C)OB(c2ccc(CC(=O)Nc3cc(C(F)(F)F)ccn3)cc2)OC1(C)C. The Kier molecular flexibility index (Phi) is 5.49. The van der Waals surface area contributed by atoms with Gasteiger partial charge in [0.2, 0.25) is 5.91 Å². The highest BCUT2D eigenvalue weighted by Gasteiger charge is 2.51. The number of carbonyl (C=O) groups is 1. The lowest BCUT2D eigenvalue weighted by Crippen LogP contribution is -2.41. The standard InChI is InChI=1S/C20H22BF3N2O3/c1-18(2)19(3,4)29-21(28-18)15-7-5-13(6-8-15)11-17(27)26-16-12-14(9-10-25-16)20(22,23)24/h5-10,12H,11H2,1-4H3,(H,25,26,27). The molecule has 29 heavy (non-hydrogen) atoms. The minimum absolute atomic E-state index is 0.00156. The van der Waals surface area contributed by atoms with E-state index in [9.17, 15) is 18.0 Å². The maximum absolute atomic E-state index is 12.8. The summed E-state index contributed by atoms with van der Waals surface area (Å²) in [5, 5.41) is 2.39. The fourth-order valence-electron chi connectivity index (χ4n) is 2.82. The highest BCUT2D eigenvalue weighted by molar-refractivity contribution is 6.62. The highest BCUT2D eigenvalue weighted by Crippen LogP contribution is 2.36. The number of anilines is 1. The van der Waals surface area contributed by atoms with Gasteiger partial charge in [-0.25, -0.2) is 4.98 Å². The van der Waals surface area contributed by atoms with Gasteiger partial charge in [0.05, 0.1) is 23.2 Å². The molecule has 1 aromatic carbocycles. The molecule has 0 spiro atoms. The van der Waals surface area contributed by atoms with Crippen LogP contribution in [0.4, 0.5) is 19.0 Å². The van der Waals surface area contributed by atoms with Crippen LogP contribution in [-0.4, -0.2) is 29.2 Å². The Morgan fingerprint density at radius 3 is 2.21 bits per heavy atom. The van der Waals surface area contributed by atoms with E-state index < -0.39 is 36.0 Å². The first-order chi connectivity index (χ1) is 13.4. The molecule has 0 radical (unpaired) electrons. The summed E-state index contributed by atoms with van der Waals surface area (Å²) >= 11 is 0. The lowest BCUT2D eigenvalue weighted by Gasteiger charge is -2.32. The smallest absolute Gasteiger partial charge is 0.399 e. The lowest BCUT2D eigenvalue weighted by molar-refractivity contribution is -0.137. The molecule has 9 heteroatoms. The quantitative estimate of drug-likeness (QED) is 0.789. The molecule has 1 N–H and O–H groups in total. The van der Waals surface area contributed by atoms with Gasteiger partial charge >= 0.3 is 13.3 Å². The number of alkyl halides is 3. The fourth-order valence-corrected chi connectivity index (χ4v) is 2.82. The number of nitrogens with one attached hydrogen (secondary N) is 1. The van der Waals surface area contributed by atoms with Crippen LogP contribution in [0.5, 0.6) is 0 Å². The molecule has 0 bridgehead atoms. The zero-order chi connectivity index (χ0) is 21.4. The summed E-state index contributed by atoms with van der Waals surface area (Å²) in [6.45, 7) is 7.86. The van der Waals surface area contributed by atoms with Gasteiger partial charge in [0.15, 0.2) is 0 Å². The van der Waals surface area contributed by atoms with Crippen LogP contribution < -0.4 is 10.8 Å². The summed E-state index contributed by atoms with van der Waals surface area (Å²) in [6.07, 6.45) is -3.48. The first kappa shape index (κ1) is 21.3. The topological polar surface area (TPSA) is 60.5 Å². The van der Waals surface area contributed by atoms with E-state index in [2.05, 4.69) is 10.3 Å². The van der Waals surface area contributed by atoms with Gasteiger partial charge in [-0.15, -0.1) is 0 Å². The minimum atomic E-state index is -4.49. The average molecular weight is 406 g/mol. The molecule has 1 fully saturated rings. The molecule has 0 saturated carbocycles. The normalized spacial score (nSPS) is 18.0. The molecule has 5 nitrogen and oxygen atoms in total. The molecule has 1 amide bonds. The number of halogens is 3. The molecule has 1 aliphatic heterocycles. The number of hydrogen-bond donors (Lipinski definition) is 1. The molecule has 0 atom stereocenters. The van der Waals surface area contributed by atoms with E-state index >= 15 is 0 Å². The monoisotopic (exact) mass is 406 g/mol. The number of pyridine rings is 1. The number of benzene rings is 1. The van der Waals surface area contributed by atoms with E-state index in [0.717, 1.165) is 23.8 Å². The predicted octanol–water partition coefficient (Wildman–Crippen LogP) is 3.58. The predicted molar refractivity (Wildman–Crippen MR) is 104 cm³/mol. The summed E-state index contributed by atoms with van der Waals surface area (Å²) in [4.78, 5) is 15.9. The molecule has 154 valence electrons. The van der Waals surface area contributed by atoms with Crippen LogP contribution in [0, 0.1) is 0 Å². The van der Waals surface area contributed by atoms with Crippen molar-refractivity contribution in [1.29, 1.82) is 0 Å². The van der Waals surface area contributed by atoms with Crippen molar-refractivity contribution in [2.24, 2.45) is 0 Å². The Morgan fingerprint density at radius 2 is 1.66 bits per heavy atom. The molecule has 1 aromatic heterocycles. The molecule has 3 rings (SSSR count). The maximum atomic E-state index is 12.8. The molecule has 1 saturated heterocycles. The summed E-state index contributed by atoms with van der Waals surface area (Å²) in [5.74, 6) is -0.598. The molecule has 2 heterocycles. The van der Waals surface area contributed by atoms with Gasteiger partial charge in [0.25, 0.3) is 0 Å². The fraction of sp³-hybridized carbons (Fsp3) is 0.400. The summed E-state index contributed by atoms with van der Waals surface area (Å²) in [7, 11) is -0.503. The molecule has 2 aromatic rings. The van der Waals surface area contributed by atoms with Crippen molar-refractivity contribution in [2.75, 3.05) is 5.32 Å². The van der Waals surface area contributed by atoms with Gasteiger partial charge < -0.3 is 14.6 Å². The van der Waals surface area contributed by atoms with Crippen LogP contribution in [0.3, 0.4) is 0 Å². The van der Waals surface area contributed by atoms with Crippen molar-refractivity contribution in [2.45, 2.75) is 51.5 Å². The van der Waals surface area contributed by atoms with Crippen molar-refractivity contribution < 1.29 is 27.3 Å². The Labute approximate surface area is 167 Å². The van der Waals surface area contributed by atoms with Crippen LogP contribution in [0.15, 0.2) is 42.6 Å². The van der Waals surface area contributed by atoms with E-state index in [1.807, 2.05) is 39.8 Å². The van der Waals surface area contributed by atoms with Crippen molar-refractivity contribution in [1.82, 2.24) is 4.98 Å². The minimum Gasteiger partial charge on any atom is -0.399 e. The third-order valence-corrected chi connectivity index (χ3v) is 5.22. The highest BCUT2D eigenvalue weighted by atomic mass is 19.4. The van der Waals surface area contributed by atoms with Gasteiger partial charge in [-0.05, 0) is 50.9 Å². The van der Waals surface area contributed by atoms with Gasteiger partial charge in [0.1, 0.15) is 5.82 Å². The average Bonchev–Trinajstić information content (AvgIpc) is 2.82. The number of rotatable bonds is 4. The number of carbonyl (C=O) groups excluding carboxylic acids is 1. The Hall–Kier alpha value is -2.39. The van der Waals surface area contributed by atoms with E-state index in [-0.39, 0.29) is 12.2 Å². The molecular formula is C20H22BF3N2O3. The number of amides is 1. The van der Waals surface area contributed by atoms with E-state index in [4.69, 9.17) is 9.31 Å². The number of hydrogen-bond acceptors (Lipinski definition) is 4. The largest absolute Gasteiger partial charge is 0.494 e. The van der Waals surface area contributed by atoms with Crippen LogP contribution in [0.1, 0.15) is 38.8 Å². The second-order valence-electron chi connectivity index (χ2n) is 7.98. The second-order valence-corrected chi connectivity index (χ2v) is 7.98. The van der Waals surface area contributed by atoms with Gasteiger partial charge in [-0.3, -0.25) is 4.79 Å². The van der Waals surface area contributed by atoms with Crippen molar-refractivity contribution in [3.05, 3.63) is 53.7 Å². The van der Waals surface area contributed by atoms with Crippen LogP contribution >= 0.6 is 0 Å². The molecular weight excluding hydrogens is 384 g/mol. The Morgan fingerprint density at radius 1 is 1.07 bits per heavy atom. The van der Waals surface area contributed by atoms with Crippen LogP contribution in [0.25, 0.3) is 0 Å². The molecule has 1 aliphatic rings. The van der Waals surface area contributed by atoms with E-state index in [0.29, 0.717) is 5.56 Å². The maximum Gasteiger partial charge on any atom is 0.494 e. The third kappa shape index (κ3) is 4.79. The van der Waals surface area contributed by atoms with Gasteiger partial charge in [-0.2, -0.15) is 13.2 Å². The number of aromatic nitrogens is 1. The third-order valence-electron chi connectivity index (χ3n) is 5.22. The summed E-state index contributed by atoms with van der Waals surface area (Å²) in [6, 6.07) is 8.81. The van der Waals surface area contributed by atoms with E-state index in [1.54, 1.807) is 12.1 Å². The van der Waals surface area contributed by atoms with E-state index in [1.165, 1.54) is 0 Å². The van der Waals surface area contributed by atoms with Gasteiger partial charge in [-0.1, -0.05) is 24.3 Å². The lowest BCUT2D eigenvalue weighted by atomic mass is 9.79. The summed E-state index contributed by atoms with van der Waals surface area (Å²) in [5.41, 5.74) is -0.237. The zero-order valence-electron chi connectivity index (χ0n) is 16.6. The van der Waals surface area contributed by atoms with Crippen LogP contribution in [0.2, 0.25) is 0 Å². The first-order valence-electron chi connectivity index (χ1n) is 9.15. The zero-order valence-corrected chi connectivity index (χ0v) is 16.6. The van der Waals surface area contributed by atoms with Crippen molar-refractivity contribution in [3.63, 3.8) is 0 Å². The van der Waals surface area contributed by atoms with Gasteiger partial charge in [0, 0.05) is 6.20 Å². The molecule has 0 aliphatic carbocycles. The Balaban J connectivity index is 1.63. The number of nitrogens with zero attached hydrogens (tertiary/aromatic N) is 1. The van der Waals surface area contributed by atoms with Crippen molar-refractivity contribution >= 4 is 24.3 Å².